The minimum atomic E-state index is -0.991. The van der Waals surface area contributed by atoms with Crippen LogP contribution in [0.15, 0.2) is 83.5 Å². The molecule has 2 atom stereocenters. The van der Waals surface area contributed by atoms with Gasteiger partial charge in [0.2, 0.25) is 18.4 Å². The van der Waals surface area contributed by atoms with E-state index in [0.717, 1.165) is 0 Å². The fraction of sp³-hybridized carbons (Fsp3) is 0.143. The van der Waals surface area contributed by atoms with Crippen LogP contribution in [0.3, 0.4) is 0 Å². The van der Waals surface area contributed by atoms with Crippen molar-refractivity contribution in [3.05, 3.63) is 95.1 Å². The molecule has 0 radical (unpaired) electrons. The summed E-state index contributed by atoms with van der Waals surface area (Å²) in [5, 5.41) is 17.1. The third-order valence-corrected chi connectivity index (χ3v) is 6.72. The van der Waals surface area contributed by atoms with Gasteiger partial charge < -0.3 is 14.6 Å². The number of nitrogens with zero attached hydrogens (tertiary/aromatic N) is 2. The number of hydrogen-bond acceptors (Lipinski definition) is 7. The van der Waals surface area contributed by atoms with E-state index in [2.05, 4.69) is 5.10 Å². The van der Waals surface area contributed by atoms with Crippen LogP contribution < -0.4 is 14.5 Å². The molecule has 0 saturated heterocycles. The van der Waals surface area contributed by atoms with Crippen LogP contribution in [0.4, 0.5) is 5.69 Å². The maximum absolute atomic E-state index is 13.8. The molecule has 3 aromatic carbocycles. The van der Waals surface area contributed by atoms with Crippen LogP contribution in [0.25, 0.3) is 5.76 Å². The van der Waals surface area contributed by atoms with E-state index in [0.29, 0.717) is 28.5 Å². The van der Waals surface area contributed by atoms with Crippen molar-refractivity contribution >= 4 is 34.6 Å². The maximum atomic E-state index is 13.8. The Bertz CT molecular complexity index is 1510. The molecule has 8 nitrogen and oxygen atoms in total. The number of carbonyl (C=O) groups is 3. The molecular formula is C28H20N2O6. The van der Waals surface area contributed by atoms with E-state index in [1.807, 2.05) is 6.07 Å². The van der Waals surface area contributed by atoms with E-state index in [9.17, 15) is 19.5 Å². The Balaban J connectivity index is 1.55. The third kappa shape index (κ3) is 3.22. The van der Waals surface area contributed by atoms with Gasteiger partial charge in [-0.15, -0.1) is 0 Å². The minimum Gasteiger partial charge on any atom is -0.507 e. The van der Waals surface area contributed by atoms with Crippen molar-refractivity contribution in [1.29, 1.82) is 0 Å². The van der Waals surface area contributed by atoms with Crippen molar-refractivity contribution in [1.82, 2.24) is 0 Å². The largest absolute Gasteiger partial charge is 0.507 e. The summed E-state index contributed by atoms with van der Waals surface area (Å²) in [5.74, 6) is -3.23. The van der Waals surface area contributed by atoms with Crippen LogP contribution in [0.2, 0.25) is 0 Å². The zero-order chi connectivity index (χ0) is 25.0. The lowest BCUT2D eigenvalue weighted by Crippen LogP contribution is -2.36. The predicted molar refractivity (Wildman–Crippen MR) is 131 cm³/mol. The summed E-state index contributed by atoms with van der Waals surface area (Å²) in [4.78, 5) is 40.4. The second kappa shape index (κ2) is 8.20. The van der Waals surface area contributed by atoms with Gasteiger partial charge in [0.05, 0.1) is 17.2 Å². The Morgan fingerprint density at radius 2 is 1.58 bits per heavy atom. The molecule has 2 aliphatic heterocycles. The molecule has 8 heteroatoms. The van der Waals surface area contributed by atoms with Crippen molar-refractivity contribution in [2.75, 3.05) is 11.8 Å². The van der Waals surface area contributed by atoms with Crippen molar-refractivity contribution in [2.45, 2.75) is 12.8 Å². The molecule has 3 aromatic rings. The highest BCUT2D eigenvalue weighted by Crippen LogP contribution is 2.46. The smallest absolute Gasteiger partial charge is 0.257 e. The Kier molecular flexibility index (Phi) is 4.96. The number of Topliss-reactive ketones (excluding diaryl/α,β-unsaturated/α-hetero) is 2. The topological polar surface area (TPSA) is 106 Å². The summed E-state index contributed by atoms with van der Waals surface area (Å²) in [6.07, 6.45) is 0. The summed E-state index contributed by atoms with van der Waals surface area (Å²) in [5.41, 5.74) is 1.78. The first-order chi connectivity index (χ1) is 17.5. The van der Waals surface area contributed by atoms with Gasteiger partial charge >= 0.3 is 0 Å². The van der Waals surface area contributed by atoms with E-state index in [-0.39, 0.29) is 35.2 Å². The number of hydrogen-bond donors (Lipinski definition) is 1. The predicted octanol–water partition coefficient (Wildman–Crippen LogP) is 4.27. The molecule has 178 valence electrons. The first-order valence-electron chi connectivity index (χ1n) is 11.4. The van der Waals surface area contributed by atoms with Crippen molar-refractivity contribution < 1.29 is 29.0 Å². The minimum absolute atomic E-state index is 0.0484. The molecule has 3 aliphatic rings. The molecule has 2 heterocycles. The van der Waals surface area contributed by atoms with E-state index in [1.165, 1.54) is 11.1 Å². The number of amides is 1. The zero-order valence-electron chi connectivity index (χ0n) is 19.2. The Morgan fingerprint density at radius 3 is 2.36 bits per heavy atom. The standard InChI is InChI=1S/C28H20N2O6/c1-15-22(28(34)30(29-15)17-7-3-2-4-8-17)23(16-11-12-20-21(13-16)36-14-35-20)24-25(31)18-9-5-6-10-19(18)26(32)27(24)33/h2-13,22-23,31H,14H2,1H3. The Hall–Kier alpha value is -4.72. The Labute approximate surface area is 206 Å². The molecular weight excluding hydrogens is 460 g/mol. The number of aliphatic hydroxyl groups excluding tert-OH is 1. The van der Waals surface area contributed by atoms with Crippen LogP contribution in [0, 0.1) is 5.92 Å². The molecule has 0 bridgehead atoms. The van der Waals surface area contributed by atoms with Gasteiger partial charge in [-0.25, -0.2) is 5.01 Å². The van der Waals surface area contributed by atoms with E-state index in [1.54, 1.807) is 67.6 Å². The maximum Gasteiger partial charge on any atom is 0.257 e. The highest BCUT2D eigenvalue weighted by atomic mass is 16.7. The molecule has 1 N–H and O–H groups in total. The van der Waals surface area contributed by atoms with Crippen LogP contribution in [-0.4, -0.2) is 35.1 Å². The lowest BCUT2D eigenvalue weighted by atomic mass is 9.72. The number of carbonyl (C=O) groups excluding carboxylic acids is 3. The fourth-order valence-corrected chi connectivity index (χ4v) is 5.02. The second-order valence-electron chi connectivity index (χ2n) is 8.76. The van der Waals surface area contributed by atoms with E-state index < -0.39 is 23.4 Å². The van der Waals surface area contributed by atoms with E-state index in [4.69, 9.17) is 9.47 Å². The number of ketones is 2. The van der Waals surface area contributed by atoms with Crippen LogP contribution >= 0.6 is 0 Å². The number of ether oxygens (including phenoxy) is 2. The molecule has 2 unspecified atom stereocenters. The monoisotopic (exact) mass is 480 g/mol. The van der Waals surface area contributed by atoms with Gasteiger partial charge in [-0.05, 0) is 36.8 Å². The fourth-order valence-electron chi connectivity index (χ4n) is 5.02. The molecule has 1 amide bonds. The van der Waals surface area contributed by atoms with Gasteiger partial charge in [-0.2, -0.15) is 5.10 Å². The van der Waals surface area contributed by atoms with Crippen LogP contribution in [0.5, 0.6) is 11.5 Å². The van der Waals surface area contributed by atoms with Gasteiger partial charge in [0.1, 0.15) is 5.76 Å². The number of hydrazone groups is 1. The molecule has 0 fully saturated rings. The quantitative estimate of drug-likeness (QED) is 0.559. The summed E-state index contributed by atoms with van der Waals surface area (Å²) in [7, 11) is 0. The van der Waals surface area contributed by atoms with Gasteiger partial charge in [0.25, 0.3) is 5.91 Å². The number of fused-ring (bicyclic) bond motifs is 2. The zero-order valence-corrected chi connectivity index (χ0v) is 19.2. The first-order valence-corrected chi connectivity index (χ1v) is 11.4. The van der Waals surface area contributed by atoms with Crippen molar-refractivity contribution in [2.24, 2.45) is 11.0 Å². The lowest BCUT2D eigenvalue weighted by molar-refractivity contribution is -0.120. The average Bonchev–Trinajstić information content (AvgIpc) is 3.49. The van der Waals surface area contributed by atoms with Gasteiger partial charge in [0.15, 0.2) is 11.5 Å². The lowest BCUT2D eigenvalue weighted by Gasteiger charge is -2.29. The van der Waals surface area contributed by atoms with Crippen LogP contribution in [0.1, 0.15) is 34.3 Å². The molecule has 0 aromatic heterocycles. The number of aliphatic hydroxyl groups is 1. The summed E-state index contributed by atoms with van der Waals surface area (Å²) >= 11 is 0. The normalized spacial score (nSPS) is 19.5. The second-order valence-corrected chi connectivity index (χ2v) is 8.76. The number of para-hydroxylation sites is 1. The average molecular weight is 480 g/mol. The Morgan fingerprint density at radius 1 is 0.889 bits per heavy atom. The highest BCUT2D eigenvalue weighted by molar-refractivity contribution is 6.52. The van der Waals surface area contributed by atoms with Crippen molar-refractivity contribution in [3.63, 3.8) is 0 Å². The number of allylic oxidation sites excluding steroid dienone is 1. The number of benzene rings is 3. The number of rotatable bonds is 4. The number of anilines is 1. The molecule has 36 heavy (non-hydrogen) atoms. The SMILES string of the molecule is CC1=NN(c2ccccc2)C(=O)C1C(C1=C(O)c2ccccc2C(=O)C1=O)c1ccc2c(c1)OCO2. The van der Waals surface area contributed by atoms with Gasteiger partial charge in [-0.3, -0.25) is 14.4 Å². The van der Waals surface area contributed by atoms with Gasteiger partial charge in [0, 0.05) is 22.8 Å². The molecule has 1 aliphatic carbocycles. The van der Waals surface area contributed by atoms with Crippen LogP contribution in [-0.2, 0) is 9.59 Å². The van der Waals surface area contributed by atoms with Gasteiger partial charge in [-0.1, -0.05) is 48.5 Å². The summed E-state index contributed by atoms with van der Waals surface area (Å²) in [6, 6.07) is 20.4. The van der Waals surface area contributed by atoms with E-state index >= 15 is 0 Å². The van der Waals surface area contributed by atoms with Crippen molar-refractivity contribution in [3.8, 4) is 11.5 Å². The summed E-state index contributed by atoms with van der Waals surface area (Å²) in [6.45, 7) is 1.75. The summed E-state index contributed by atoms with van der Waals surface area (Å²) < 4.78 is 11.0. The third-order valence-electron chi connectivity index (χ3n) is 6.72. The molecule has 0 spiro atoms. The first kappa shape index (κ1) is 21.8. The molecule has 6 rings (SSSR count). The molecule has 0 saturated carbocycles. The highest BCUT2D eigenvalue weighted by Gasteiger charge is 2.47.